The third-order valence-corrected chi connectivity index (χ3v) is 8.46. The van der Waals surface area contributed by atoms with Crippen molar-refractivity contribution < 1.29 is 19.4 Å². The normalized spacial score (nSPS) is 14.7. The van der Waals surface area contributed by atoms with Crippen molar-refractivity contribution in [2.45, 2.75) is 39.4 Å². The van der Waals surface area contributed by atoms with Crippen molar-refractivity contribution in [1.29, 1.82) is 0 Å². The minimum atomic E-state index is -1.19. The number of nitrogens with zero attached hydrogens (tertiary/aromatic N) is 6. The van der Waals surface area contributed by atoms with Crippen LogP contribution in [-0.2, 0) is 9.53 Å². The van der Waals surface area contributed by atoms with Crippen LogP contribution < -0.4 is 4.90 Å². The van der Waals surface area contributed by atoms with Crippen LogP contribution in [0, 0.1) is 6.92 Å². The minimum absolute atomic E-state index is 0.00649. The van der Waals surface area contributed by atoms with Crippen LogP contribution >= 0.6 is 22.9 Å². The molecule has 2 aromatic heterocycles. The molecule has 0 aliphatic carbocycles. The van der Waals surface area contributed by atoms with Gasteiger partial charge in [-0.3, -0.25) is 0 Å². The summed E-state index contributed by atoms with van der Waals surface area (Å²) in [6.07, 6.45) is 0.527. The third-order valence-electron chi connectivity index (χ3n) is 7.10. The first-order chi connectivity index (χ1) is 20.3. The number of anilines is 1. The molecule has 1 unspecified atom stereocenters. The largest absolute Gasteiger partial charge is 0.479 e. The number of carboxylic acid groups (broad SMARTS) is 1. The summed E-state index contributed by atoms with van der Waals surface area (Å²) >= 11 is 7.67. The molecule has 1 N–H and O–H groups in total. The zero-order valence-electron chi connectivity index (χ0n) is 25.1. The number of piperazine rings is 1. The maximum Gasteiger partial charge on any atom is 0.337 e. The lowest BCUT2D eigenvalue weighted by molar-refractivity contribution is -0.160. The summed E-state index contributed by atoms with van der Waals surface area (Å²) < 4.78 is 6.95. The number of carboxylic acids is 1. The number of hydrogen-bond donors (Lipinski definition) is 1. The number of carbonyl (C=O) groups is 2. The van der Waals surface area contributed by atoms with Gasteiger partial charge in [-0.1, -0.05) is 23.7 Å². The fourth-order valence-electron chi connectivity index (χ4n) is 5.15. The van der Waals surface area contributed by atoms with Gasteiger partial charge < -0.3 is 24.5 Å². The lowest BCUT2D eigenvalue weighted by atomic mass is 9.91. The first-order valence-corrected chi connectivity index (χ1v) is 15.2. The standard InChI is InChI=1S/C31H35ClN6O4S/c1-18-17-22-26(24(19-7-9-20(32)10-8-19)23(18)25(28(39)40)42-31(2,3)4)43-27(34-22)21-11-12-33-29(35-21)37-13-15-38(16-14-37)30(41)36(5)6/h7-12,17,25H,13-16H2,1-6H3,(H,39,40). The summed E-state index contributed by atoms with van der Waals surface area (Å²) in [4.78, 5) is 44.7. The number of hydrogen-bond acceptors (Lipinski definition) is 8. The molecule has 5 rings (SSSR count). The maximum absolute atomic E-state index is 12.6. The number of thiazole rings is 1. The molecular formula is C31H35ClN6O4S. The number of aromatic nitrogens is 3. The zero-order chi connectivity index (χ0) is 31.1. The number of ether oxygens (including phenoxy) is 1. The van der Waals surface area contributed by atoms with Crippen molar-refractivity contribution in [2.75, 3.05) is 45.2 Å². The van der Waals surface area contributed by atoms with E-state index >= 15 is 0 Å². The molecule has 0 radical (unpaired) electrons. The highest BCUT2D eigenvalue weighted by molar-refractivity contribution is 7.22. The number of carbonyl (C=O) groups excluding carboxylic acids is 1. The molecule has 2 aromatic carbocycles. The second-order valence-electron chi connectivity index (χ2n) is 11.7. The Balaban J connectivity index is 1.58. The van der Waals surface area contributed by atoms with Crippen LogP contribution in [0.4, 0.5) is 10.7 Å². The van der Waals surface area contributed by atoms with Crippen molar-refractivity contribution in [3.63, 3.8) is 0 Å². The molecule has 1 aliphatic heterocycles. The van der Waals surface area contributed by atoms with Crippen LogP contribution in [0.15, 0.2) is 42.6 Å². The van der Waals surface area contributed by atoms with Crippen LogP contribution in [0.25, 0.3) is 32.0 Å². The van der Waals surface area contributed by atoms with Gasteiger partial charge in [-0.15, -0.1) is 11.3 Å². The number of rotatable bonds is 6. The van der Waals surface area contributed by atoms with Gasteiger partial charge in [-0.2, -0.15) is 0 Å². The van der Waals surface area contributed by atoms with Gasteiger partial charge in [-0.05, 0) is 63.1 Å². The quantitative estimate of drug-likeness (QED) is 0.273. The molecule has 10 nitrogen and oxygen atoms in total. The van der Waals surface area contributed by atoms with Gasteiger partial charge >= 0.3 is 12.0 Å². The lowest BCUT2D eigenvalue weighted by Crippen LogP contribution is -2.51. The SMILES string of the molecule is Cc1cc2nc(-c3ccnc(N4CCN(C(=O)N(C)C)CC4)n3)sc2c(-c2ccc(Cl)cc2)c1C(OC(C)(C)C)C(=O)O. The molecule has 1 fully saturated rings. The van der Waals surface area contributed by atoms with Crippen molar-refractivity contribution in [3.8, 4) is 21.8 Å². The number of amides is 2. The van der Waals surface area contributed by atoms with Crippen LogP contribution in [0.3, 0.4) is 0 Å². The highest BCUT2D eigenvalue weighted by Crippen LogP contribution is 2.44. The van der Waals surface area contributed by atoms with Crippen LogP contribution in [0.1, 0.15) is 38.0 Å². The molecule has 1 aliphatic rings. The van der Waals surface area contributed by atoms with E-state index in [0.29, 0.717) is 53.4 Å². The molecule has 1 atom stereocenters. The number of halogens is 1. The fourth-order valence-corrected chi connectivity index (χ4v) is 6.37. The van der Waals surface area contributed by atoms with E-state index in [9.17, 15) is 14.7 Å². The summed E-state index contributed by atoms with van der Waals surface area (Å²) in [6, 6.07) is 11.1. The van der Waals surface area contributed by atoms with Gasteiger partial charge in [0, 0.05) is 62.6 Å². The highest BCUT2D eigenvalue weighted by Gasteiger charge is 2.32. The van der Waals surface area contributed by atoms with E-state index < -0.39 is 17.7 Å². The van der Waals surface area contributed by atoms with Crippen LogP contribution in [0.2, 0.25) is 5.02 Å². The average Bonchev–Trinajstić information content (AvgIpc) is 3.39. The number of urea groups is 1. The van der Waals surface area contributed by atoms with Gasteiger partial charge in [0.05, 0.1) is 15.8 Å². The Labute approximate surface area is 259 Å². The molecule has 0 bridgehead atoms. The van der Waals surface area contributed by atoms with Crippen molar-refractivity contribution in [1.82, 2.24) is 24.8 Å². The number of aryl methyl sites for hydroxylation is 1. The highest BCUT2D eigenvalue weighted by atomic mass is 35.5. The molecule has 1 saturated heterocycles. The van der Waals surface area contributed by atoms with Crippen molar-refractivity contribution in [2.24, 2.45) is 0 Å². The maximum atomic E-state index is 12.6. The first kappa shape index (κ1) is 30.7. The summed E-state index contributed by atoms with van der Waals surface area (Å²) in [5.74, 6) is -0.488. The Hall–Kier alpha value is -3.80. The third kappa shape index (κ3) is 6.58. The Morgan fingerprint density at radius 3 is 2.35 bits per heavy atom. The average molecular weight is 623 g/mol. The van der Waals surface area contributed by atoms with E-state index in [1.807, 2.05) is 56.9 Å². The smallest absolute Gasteiger partial charge is 0.337 e. The number of benzene rings is 2. The van der Waals surface area contributed by atoms with E-state index in [-0.39, 0.29) is 6.03 Å². The van der Waals surface area contributed by atoms with Gasteiger partial charge in [0.2, 0.25) is 5.95 Å². The number of fused-ring (bicyclic) bond motifs is 1. The fraction of sp³-hybridized carbons (Fsp3) is 0.387. The summed E-state index contributed by atoms with van der Waals surface area (Å²) in [7, 11) is 3.50. The molecular weight excluding hydrogens is 588 g/mol. The van der Waals surface area contributed by atoms with Crippen molar-refractivity contribution >= 4 is 51.1 Å². The monoisotopic (exact) mass is 622 g/mol. The van der Waals surface area contributed by atoms with Gasteiger partial charge in [0.15, 0.2) is 6.10 Å². The predicted molar refractivity (Wildman–Crippen MR) is 170 cm³/mol. The van der Waals surface area contributed by atoms with Crippen LogP contribution in [0.5, 0.6) is 0 Å². The molecule has 3 heterocycles. The van der Waals surface area contributed by atoms with Gasteiger partial charge in [0.25, 0.3) is 0 Å². The van der Waals surface area contributed by atoms with Gasteiger partial charge in [-0.25, -0.2) is 24.5 Å². The minimum Gasteiger partial charge on any atom is -0.479 e. The predicted octanol–water partition coefficient (Wildman–Crippen LogP) is 6.13. The second kappa shape index (κ2) is 12.1. The first-order valence-electron chi connectivity index (χ1n) is 14.0. The molecule has 0 spiro atoms. The topological polar surface area (TPSA) is 112 Å². The summed E-state index contributed by atoms with van der Waals surface area (Å²) in [5.41, 5.74) is 3.63. The van der Waals surface area contributed by atoms with E-state index in [0.717, 1.165) is 26.9 Å². The molecule has 43 heavy (non-hydrogen) atoms. The molecule has 2 amide bonds. The van der Waals surface area contributed by atoms with Crippen molar-refractivity contribution in [3.05, 3.63) is 58.7 Å². The Bertz CT molecular complexity index is 1660. The van der Waals surface area contributed by atoms with Crippen LogP contribution in [-0.4, -0.2) is 87.7 Å². The van der Waals surface area contributed by atoms with E-state index in [4.69, 9.17) is 26.3 Å². The molecule has 12 heteroatoms. The Kier molecular flexibility index (Phi) is 8.60. The Morgan fingerprint density at radius 2 is 1.74 bits per heavy atom. The molecule has 0 saturated carbocycles. The Morgan fingerprint density at radius 1 is 1.07 bits per heavy atom. The summed E-state index contributed by atoms with van der Waals surface area (Å²) in [5, 5.41) is 11.6. The van der Waals surface area contributed by atoms with Gasteiger partial charge in [0.1, 0.15) is 10.7 Å². The second-order valence-corrected chi connectivity index (χ2v) is 13.1. The van der Waals surface area contributed by atoms with E-state index in [1.54, 1.807) is 37.3 Å². The zero-order valence-corrected chi connectivity index (χ0v) is 26.7. The number of aliphatic carboxylic acids is 1. The lowest BCUT2D eigenvalue weighted by Gasteiger charge is -2.35. The van der Waals surface area contributed by atoms with E-state index in [1.165, 1.54) is 11.3 Å². The van der Waals surface area contributed by atoms with E-state index in [2.05, 4.69) is 9.88 Å². The molecule has 4 aromatic rings. The summed E-state index contributed by atoms with van der Waals surface area (Å²) in [6.45, 7) is 9.83. The molecule has 226 valence electrons.